The molecule has 1 heterocycles. The number of nitrogens with one attached hydrogen (secondary N) is 1. The summed E-state index contributed by atoms with van der Waals surface area (Å²) in [6.07, 6.45) is 2.13. The van der Waals surface area contributed by atoms with Crippen molar-refractivity contribution in [2.45, 2.75) is 18.9 Å². The van der Waals surface area contributed by atoms with Crippen LogP contribution in [-0.2, 0) is 4.74 Å². The highest BCUT2D eigenvalue weighted by atomic mass is 35.5. The van der Waals surface area contributed by atoms with Crippen LogP contribution in [0.25, 0.3) is 0 Å². The second kappa shape index (κ2) is 7.88. The molecule has 0 bridgehead atoms. The first-order chi connectivity index (χ1) is 11.6. The summed E-state index contributed by atoms with van der Waals surface area (Å²) < 4.78 is 11.3. The molecule has 24 heavy (non-hydrogen) atoms. The van der Waals surface area contributed by atoms with Gasteiger partial charge in [0.2, 0.25) is 0 Å². The number of halogens is 2. The van der Waals surface area contributed by atoms with Crippen molar-refractivity contribution in [3.63, 3.8) is 0 Å². The molecule has 1 aliphatic rings. The molecular formula is C18H17Cl2NO3. The zero-order valence-corrected chi connectivity index (χ0v) is 14.4. The average molecular weight is 366 g/mol. The van der Waals surface area contributed by atoms with Gasteiger partial charge in [0.15, 0.2) is 0 Å². The lowest BCUT2D eigenvalue weighted by atomic mass is 10.1. The fraction of sp³-hybridized carbons (Fsp3) is 0.278. The van der Waals surface area contributed by atoms with E-state index in [1.807, 2.05) is 6.07 Å². The summed E-state index contributed by atoms with van der Waals surface area (Å²) >= 11 is 11.9. The normalized spacial score (nSPS) is 16.8. The second-order valence-corrected chi connectivity index (χ2v) is 6.34. The Morgan fingerprint density at radius 2 is 2.04 bits per heavy atom. The number of anilines is 1. The Labute approximate surface area is 150 Å². The monoisotopic (exact) mass is 365 g/mol. The van der Waals surface area contributed by atoms with Crippen LogP contribution in [-0.4, -0.2) is 25.2 Å². The summed E-state index contributed by atoms with van der Waals surface area (Å²) in [5.74, 6) is 0.266. The third kappa shape index (κ3) is 4.20. The summed E-state index contributed by atoms with van der Waals surface area (Å²) in [5, 5.41) is 3.63. The number of benzene rings is 2. The van der Waals surface area contributed by atoms with E-state index in [0.717, 1.165) is 19.4 Å². The van der Waals surface area contributed by atoms with Crippen molar-refractivity contribution in [2.24, 2.45) is 0 Å². The van der Waals surface area contributed by atoms with Crippen molar-refractivity contribution < 1.29 is 14.3 Å². The van der Waals surface area contributed by atoms with Gasteiger partial charge in [0.25, 0.3) is 5.91 Å². The van der Waals surface area contributed by atoms with Gasteiger partial charge in [-0.15, -0.1) is 0 Å². The van der Waals surface area contributed by atoms with E-state index in [4.69, 9.17) is 32.7 Å². The van der Waals surface area contributed by atoms with Crippen molar-refractivity contribution in [3.05, 3.63) is 58.1 Å². The summed E-state index contributed by atoms with van der Waals surface area (Å²) in [5.41, 5.74) is 1.03. The Balaban J connectivity index is 1.70. The van der Waals surface area contributed by atoms with Gasteiger partial charge in [0, 0.05) is 12.3 Å². The zero-order chi connectivity index (χ0) is 16.9. The minimum atomic E-state index is -0.267. The van der Waals surface area contributed by atoms with Gasteiger partial charge < -0.3 is 14.8 Å². The standard InChI is InChI=1S/C18H17Cl2NO3/c19-15-8-7-12(10-16(15)20)21-18(22)14-5-1-2-6-17(14)24-11-13-4-3-9-23-13/h1-2,5-8,10,13H,3-4,9,11H2,(H,21,22). The van der Waals surface area contributed by atoms with Gasteiger partial charge in [-0.25, -0.2) is 0 Å². The third-order valence-electron chi connectivity index (χ3n) is 3.76. The van der Waals surface area contributed by atoms with Crippen LogP contribution in [0, 0.1) is 0 Å². The summed E-state index contributed by atoms with van der Waals surface area (Å²) in [6.45, 7) is 1.21. The molecule has 1 saturated heterocycles. The maximum atomic E-state index is 12.5. The Morgan fingerprint density at radius 3 is 2.79 bits per heavy atom. The highest BCUT2D eigenvalue weighted by Crippen LogP contribution is 2.26. The SMILES string of the molecule is O=C(Nc1ccc(Cl)c(Cl)c1)c1ccccc1OCC1CCCO1. The van der Waals surface area contributed by atoms with Gasteiger partial charge in [-0.3, -0.25) is 4.79 Å². The van der Waals surface area contributed by atoms with E-state index < -0.39 is 0 Å². The molecule has 2 aromatic carbocycles. The molecule has 0 spiro atoms. The second-order valence-electron chi connectivity index (χ2n) is 5.53. The Bertz CT molecular complexity index is 730. The molecule has 0 radical (unpaired) electrons. The molecule has 0 aliphatic carbocycles. The van der Waals surface area contributed by atoms with E-state index in [2.05, 4.69) is 5.32 Å². The van der Waals surface area contributed by atoms with E-state index in [-0.39, 0.29) is 12.0 Å². The van der Waals surface area contributed by atoms with E-state index >= 15 is 0 Å². The molecule has 1 fully saturated rings. The maximum Gasteiger partial charge on any atom is 0.259 e. The number of hydrogen-bond acceptors (Lipinski definition) is 3. The lowest BCUT2D eigenvalue weighted by Gasteiger charge is -2.14. The van der Waals surface area contributed by atoms with E-state index in [1.165, 1.54) is 0 Å². The average Bonchev–Trinajstić information content (AvgIpc) is 3.10. The predicted molar refractivity (Wildman–Crippen MR) is 95.3 cm³/mol. The van der Waals surface area contributed by atoms with Gasteiger partial charge in [-0.05, 0) is 43.2 Å². The van der Waals surface area contributed by atoms with Crippen LogP contribution < -0.4 is 10.1 Å². The van der Waals surface area contributed by atoms with Crippen LogP contribution >= 0.6 is 23.2 Å². The number of ether oxygens (including phenoxy) is 2. The molecule has 1 aliphatic heterocycles. The van der Waals surface area contributed by atoms with Crippen molar-refractivity contribution in [3.8, 4) is 5.75 Å². The van der Waals surface area contributed by atoms with Crippen LogP contribution in [0.2, 0.25) is 10.0 Å². The summed E-state index contributed by atoms with van der Waals surface area (Å²) in [7, 11) is 0. The molecule has 1 N–H and O–H groups in total. The summed E-state index contributed by atoms with van der Waals surface area (Å²) in [6, 6.07) is 12.1. The van der Waals surface area contributed by atoms with Crippen LogP contribution in [0.15, 0.2) is 42.5 Å². The van der Waals surface area contributed by atoms with E-state index in [1.54, 1.807) is 36.4 Å². The van der Waals surface area contributed by atoms with Crippen LogP contribution in [0.1, 0.15) is 23.2 Å². The van der Waals surface area contributed by atoms with Gasteiger partial charge >= 0.3 is 0 Å². The fourth-order valence-electron chi connectivity index (χ4n) is 2.51. The third-order valence-corrected chi connectivity index (χ3v) is 4.50. The highest BCUT2D eigenvalue weighted by molar-refractivity contribution is 6.42. The van der Waals surface area contributed by atoms with Crippen LogP contribution in [0.5, 0.6) is 5.75 Å². The predicted octanol–water partition coefficient (Wildman–Crippen LogP) is 4.80. The number of carbonyl (C=O) groups is 1. The first kappa shape index (κ1) is 17.1. The largest absolute Gasteiger partial charge is 0.490 e. The number of carbonyl (C=O) groups excluding carboxylic acids is 1. The molecule has 0 saturated carbocycles. The van der Waals surface area contributed by atoms with Crippen molar-refractivity contribution in [2.75, 3.05) is 18.5 Å². The van der Waals surface area contributed by atoms with E-state index in [0.29, 0.717) is 33.7 Å². The molecule has 1 amide bonds. The lowest BCUT2D eigenvalue weighted by Crippen LogP contribution is -2.19. The van der Waals surface area contributed by atoms with Crippen molar-refractivity contribution >= 4 is 34.8 Å². The quantitative estimate of drug-likeness (QED) is 0.827. The molecule has 2 aromatic rings. The molecule has 3 rings (SSSR count). The van der Waals surface area contributed by atoms with Gasteiger partial charge in [0.05, 0.1) is 21.7 Å². The first-order valence-electron chi connectivity index (χ1n) is 7.73. The Kier molecular flexibility index (Phi) is 5.61. The smallest absolute Gasteiger partial charge is 0.259 e. The fourth-order valence-corrected chi connectivity index (χ4v) is 2.81. The van der Waals surface area contributed by atoms with Crippen LogP contribution in [0.4, 0.5) is 5.69 Å². The Hall–Kier alpha value is -1.75. The van der Waals surface area contributed by atoms with Crippen molar-refractivity contribution in [1.29, 1.82) is 0 Å². The minimum Gasteiger partial charge on any atom is -0.490 e. The molecule has 126 valence electrons. The number of hydrogen-bond donors (Lipinski definition) is 1. The highest BCUT2D eigenvalue weighted by Gasteiger charge is 2.18. The van der Waals surface area contributed by atoms with Crippen molar-refractivity contribution in [1.82, 2.24) is 0 Å². The topological polar surface area (TPSA) is 47.6 Å². The number of amides is 1. The molecule has 1 atom stereocenters. The van der Waals surface area contributed by atoms with Crippen LogP contribution in [0.3, 0.4) is 0 Å². The summed E-state index contributed by atoms with van der Waals surface area (Å²) in [4.78, 5) is 12.5. The molecule has 4 nitrogen and oxygen atoms in total. The number of rotatable bonds is 5. The minimum absolute atomic E-state index is 0.0937. The Morgan fingerprint density at radius 1 is 1.21 bits per heavy atom. The maximum absolute atomic E-state index is 12.5. The lowest BCUT2D eigenvalue weighted by molar-refractivity contribution is 0.0673. The first-order valence-corrected chi connectivity index (χ1v) is 8.49. The van der Waals surface area contributed by atoms with Gasteiger partial charge in [-0.2, -0.15) is 0 Å². The molecular weight excluding hydrogens is 349 g/mol. The van der Waals surface area contributed by atoms with Gasteiger partial charge in [0.1, 0.15) is 12.4 Å². The van der Waals surface area contributed by atoms with Gasteiger partial charge in [-0.1, -0.05) is 35.3 Å². The molecule has 0 aromatic heterocycles. The molecule has 6 heteroatoms. The zero-order valence-electron chi connectivity index (χ0n) is 12.9. The molecule has 1 unspecified atom stereocenters. The van der Waals surface area contributed by atoms with E-state index in [9.17, 15) is 4.79 Å². The number of para-hydroxylation sites is 1.